The van der Waals surface area contributed by atoms with Gasteiger partial charge in [0.15, 0.2) is 0 Å². The minimum absolute atomic E-state index is 0.182. The number of urea groups is 1. The van der Waals surface area contributed by atoms with Crippen LogP contribution < -0.4 is 10.6 Å². The molecule has 2 amide bonds. The van der Waals surface area contributed by atoms with Gasteiger partial charge in [-0.1, -0.05) is 13.8 Å². The molecule has 2 atom stereocenters. The molecule has 1 rings (SSSR count). The lowest BCUT2D eigenvalue weighted by atomic mass is 10.2. The molecule has 1 aromatic heterocycles. The lowest BCUT2D eigenvalue weighted by Gasteiger charge is -2.15. The van der Waals surface area contributed by atoms with E-state index in [2.05, 4.69) is 22.7 Å². The zero-order chi connectivity index (χ0) is 15.8. The molecule has 3 N–H and O–H groups in total. The SMILES string of the molecule is CCC(O)CCNC(=O)NCC(C)Cn1nc(C)cc1C. The van der Waals surface area contributed by atoms with Crippen LogP contribution in [-0.4, -0.2) is 40.1 Å². The molecule has 0 saturated heterocycles. The Morgan fingerprint density at radius 1 is 1.43 bits per heavy atom. The molecule has 0 bridgehead atoms. The Morgan fingerprint density at radius 3 is 2.71 bits per heavy atom. The standard InChI is InChI=1S/C15H28N4O2/c1-5-14(20)6-7-16-15(21)17-9-11(2)10-19-13(4)8-12(3)18-19/h8,11,14,20H,5-7,9-10H2,1-4H3,(H2,16,17,21). The van der Waals surface area contributed by atoms with Crippen molar-refractivity contribution in [1.82, 2.24) is 20.4 Å². The Bertz CT molecular complexity index is 445. The number of amides is 2. The smallest absolute Gasteiger partial charge is 0.314 e. The number of nitrogens with zero attached hydrogens (tertiary/aromatic N) is 2. The Morgan fingerprint density at radius 2 is 2.14 bits per heavy atom. The molecule has 6 nitrogen and oxygen atoms in total. The van der Waals surface area contributed by atoms with Crippen molar-refractivity contribution in [2.45, 2.75) is 53.2 Å². The molecule has 2 unspecified atom stereocenters. The minimum atomic E-state index is -0.338. The number of hydrogen-bond donors (Lipinski definition) is 3. The molecular formula is C15H28N4O2. The predicted octanol–water partition coefficient (Wildman–Crippen LogP) is 1.60. The van der Waals surface area contributed by atoms with Gasteiger partial charge < -0.3 is 15.7 Å². The van der Waals surface area contributed by atoms with E-state index in [1.165, 1.54) is 0 Å². The Kier molecular flexibility index (Phi) is 7.22. The number of carbonyl (C=O) groups excluding carboxylic acids is 1. The van der Waals surface area contributed by atoms with Crippen LogP contribution in [0.4, 0.5) is 4.79 Å². The molecule has 6 heteroatoms. The highest BCUT2D eigenvalue weighted by atomic mass is 16.3. The summed E-state index contributed by atoms with van der Waals surface area (Å²) in [6, 6.07) is 1.87. The quantitative estimate of drug-likeness (QED) is 0.681. The molecule has 1 aromatic rings. The van der Waals surface area contributed by atoms with Gasteiger partial charge in [-0.2, -0.15) is 5.10 Å². The van der Waals surface area contributed by atoms with Crippen LogP contribution in [0.3, 0.4) is 0 Å². The van der Waals surface area contributed by atoms with Gasteiger partial charge in [0.25, 0.3) is 0 Å². The number of aliphatic hydroxyl groups excluding tert-OH is 1. The van der Waals surface area contributed by atoms with Gasteiger partial charge in [0.2, 0.25) is 0 Å². The van der Waals surface area contributed by atoms with Crippen molar-refractivity contribution >= 4 is 6.03 Å². The van der Waals surface area contributed by atoms with Crippen LogP contribution >= 0.6 is 0 Å². The average Bonchev–Trinajstić information content (AvgIpc) is 2.74. The fourth-order valence-electron chi connectivity index (χ4n) is 2.11. The first-order chi connectivity index (χ1) is 9.92. The van der Waals surface area contributed by atoms with Gasteiger partial charge in [0, 0.05) is 25.3 Å². The van der Waals surface area contributed by atoms with Crippen LogP contribution in [0.25, 0.3) is 0 Å². The molecule has 0 aliphatic carbocycles. The van der Waals surface area contributed by atoms with Crippen molar-refractivity contribution in [2.24, 2.45) is 5.92 Å². The van der Waals surface area contributed by atoms with Crippen molar-refractivity contribution in [3.05, 3.63) is 17.5 Å². The van der Waals surface area contributed by atoms with Crippen LogP contribution in [0.1, 0.15) is 38.1 Å². The number of aliphatic hydroxyl groups is 1. The number of nitrogens with one attached hydrogen (secondary N) is 2. The second kappa shape index (κ2) is 8.67. The van der Waals surface area contributed by atoms with E-state index in [4.69, 9.17) is 0 Å². The average molecular weight is 296 g/mol. The van der Waals surface area contributed by atoms with Crippen LogP contribution in [-0.2, 0) is 6.54 Å². The first kappa shape index (κ1) is 17.5. The van der Waals surface area contributed by atoms with Crippen molar-refractivity contribution in [3.8, 4) is 0 Å². The first-order valence-electron chi connectivity index (χ1n) is 7.63. The molecule has 0 fully saturated rings. The highest BCUT2D eigenvalue weighted by molar-refractivity contribution is 5.73. The van der Waals surface area contributed by atoms with Gasteiger partial charge in [0.1, 0.15) is 0 Å². The normalized spacial score (nSPS) is 13.8. The van der Waals surface area contributed by atoms with E-state index < -0.39 is 0 Å². The number of hydrogen-bond acceptors (Lipinski definition) is 3. The Hall–Kier alpha value is -1.56. The van der Waals surface area contributed by atoms with Gasteiger partial charge in [0.05, 0.1) is 11.8 Å². The summed E-state index contributed by atoms with van der Waals surface area (Å²) in [5, 5.41) is 19.4. The molecule has 1 heterocycles. The van der Waals surface area contributed by atoms with Gasteiger partial charge in [-0.05, 0) is 38.7 Å². The minimum Gasteiger partial charge on any atom is -0.393 e. The number of rotatable bonds is 8. The zero-order valence-electron chi connectivity index (χ0n) is 13.5. The largest absolute Gasteiger partial charge is 0.393 e. The molecule has 0 aliphatic heterocycles. The van der Waals surface area contributed by atoms with Gasteiger partial charge in [-0.15, -0.1) is 0 Å². The van der Waals surface area contributed by atoms with Gasteiger partial charge in [-0.25, -0.2) is 4.79 Å². The lowest BCUT2D eigenvalue weighted by molar-refractivity contribution is 0.160. The molecule has 0 saturated carbocycles. The third kappa shape index (κ3) is 6.62. The fourth-order valence-corrected chi connectivity index (χ4v) is 2.11. The van der Waals surface area contributed by atoms with Crippen LogP contribution in [0.15, 0.2) is 6.07 Å². The van der Waals surface area contributed by atoms with Crippen molar-refractivity contribution in [3.63, 3.8) is 0 Å². The van der Waals surface area contributed by atoms with Crippen molar-refractivity contribution in [1.29, 1.82) is 0 Å². The highest BCUT2D eigenvalue weighted by Crippen LogP contribution is 2.05. The molecule has 0 aliphatic rings. The molecule has 21 heavy (non-hydrogen) atoms. The summed E-state index contributed by atoms with van der Waals surface area (Å²) in [5.74, 6) is 0.301. The molecule has 0 spiro atoms. The maximum absolute atomic E-state index is 11.6. The van der Waals surface area contributed by atoms with Crippen LogP contribution in [0.2, 0.25) is 0 Å². The summed E-state index contributed by atoms with van der Waals surface area (Å²) in [7, 11) is 0. The predicted molar refractivity (Wildman–Crippen MR) is 83.2 cm³/mol. The fraction of sp³-hybridized carbons (Fsp3) is 0.733. The summed E-state index contributed by atoms with van der Waals surface area (Å²) in [6.07, 6.45) is 0.962. The third-order valence-corrected chi connectivity index (χ3v) is 3.43. The lowest BCUT2D eigenvalue weighted by Crippen LogP contribution is -2.39. The second-order valence-corrected chi connectivity index (χ2v) is 5.70. The summed E-state index contributed by atoms with van der Waals surface area (Å²) in [6.45, 7) is 9.89. The summed E-state index contributed by atoms with van der Waals surface area (Å²) in [5.41, 5.74) is 2.15. The molecule has 120 valence electrons. The molecular weight excluding hydrogens is 268 g/mol. The van der Waals surface area contributed by atoms with E-state index in [0.29, 0.717) is 31.8 Å². The van der Waals surface area contributed by atoms with E-state index >= 15 is 0 Å². The highest BCUT2D eigenvalue weighted by Gasteiger charge is 2.09. The van der Waals surface area contributed by atoms with E-state index in [0.717, 1.165) is 17.9 Å². The molecule has 0 radical (unpaired) electrons. The number of aryl methyl sites for hydroxylation is 2. The summed E-state index contributed by atoms with van der Waals surface area (Å²) >= 11 is 0. The first-order valence-corrected chi connectivity index (χ1v) is 7.63. The zero-order valence-corrected chi connectivity index (χ0v) is 13.5. The third-order valence-electron chi connectivity index (χ3n) is 3.43. The second-order valence-electron chi connectivity index (χ2n) is 5.70. The van der Waals surface area contributed by atoms with Gasteiger partial charge in [-0.3, -0.25) is 4.68 Å². The number of carbonyl (C=O) groups is 1. The van der Waals surface area contributed by atoms with E-state index in [9.17, 15) is 9.90 Å². The Balaban J connectivity index is 2.22. The maximum Gasteiger partial charge on any atom is 0.314 e. The summed E-state index contributed by atoms with van der Waals surface area (Å²) in [4.78, 5) is 11.6. The number of aromatic nitrogens is 2. The topological polar surface area (TPSA) is 79.2 Å². The maximum atomic E-state index is 11.6. The van der Waals surface area contributed by atoms with Crippen LogP contribution in [0, 0.1) is 19.8 Å². The monoisotopic (exact) mass is 296 g/mol. The summed E-state index contributed by atoms with van der Waals surface area (Å²) < 4.78 is 1.97. The van der Waals surface area contributed by atoms with E-state index in [1.54, 1.807) is 0 Å². The van der Waals surface area contributed by atoms with Crippen LogP contribution in [0.5, 0.6) is 0 Å². The molecule has 0 aromatic carbocycles. The van der Waals surface area contributed by atoms with Crippen molar-refractivity contribution < 1.29 is 9.90 Å². The Labute approximate surface area is 126 Å². The van der Waals surface area contributed by atoms with Crippen molar-refractivity contribution in [2.75, 3.05) is 13.1 Å². The van der Waals surface area contributed by atoms with E-state index in [-0.39, 0.29) is 12.1 Å². The van der Waals surface area contributed by atoms with Gasteiger partial charge >= 0.3 is 6.03 Å². The van der Waals surface area contributed by atoms with E-state index in [1.807, 2.05) is 31.5 Å².